The Kier molecular flexibility index (Phi) is 3.57. The summed E-state index contributed by atoms with van der Waals surface area (Å²) in [6.07, 6.45) is 0.294. The van der Waals surface area contributed by atoms with Crippen molar-refractivity contribution in [2.45, 2.75) is 12.5 Å². The normalized spacial score (nSPS) is 13.2. The molecule has 0 aromatic rings. The summed E-state index contributed by atoms with van der Waals surface area (Å²) in [5, 5.41) is 11.6. The first-order valence-corrected chi connectivity index (χ1v) is 2.75. The first-order chi connectivity index (χ1) is 3.72. The third-order valence-electron chi connectivity index (χ3n) is 1.11. The molecule has 0 aliphatic heterocycles. The van der Waals surface area contributed by atoms with Gasteiger partial charge in [0.1, 0.15) is 14.1 Å². The van der Waals surface area contributed by atoms with Crippen molar-refractivity contribution < 1.29 is 5.11 Å². The van der Waals surface area contributed by atoms with E-state index in [1.54, 1.807) is 7.05 Å². The molecule has 0 aliphatic rings. The molecule has 0 heterocycles. The second-order valence-corrected chi connectivity index (χ2v) is 1.70. The van der Waals surface area contributed by atoms with Gasteiger partial charge in [-0.15, -0.1) is 0 Å². The Hall–Kier alpha value is -0.275. The van der Waals surface area contributed by atoms with Crippen molar-refractivity contribution in [1.82, 2.24) is 5.32 Å². The van der Waals surface area contributed by atoms with Gasteiger partial charge in [-0.1, -0.05) is 12.9 Å². The fraction of sp³-hybridized carbons (Fsp3) is 0.600. The van der Waals surface area contributed by atoms with Gasteiger partial charge in [-0.2, -0.15) is 0 Å². The van der Waals surface area contributed by atoms with Crippen LogP contribution in [0.1, 0.15) is 0 Å². The number of aliphatic hydroxyl groups is 1. The van der Waals surface area contributed by atoms with Crippen molar-refractivity contribution in [3.8, 4) is 0 Å². The van der Waals surface area contributed by atoms with Gasteiger partial charge in [-0.25, -0.2) is 0 Å². The number of hydrogen-bond donors (Lipinski definition) is 2. The molecule has 0 amide bonds. The van der Waals surface area contributed by atoms with Crippen molar-refractivity contribution in [2.24, 2.45) is 0 Å². The monoisotopic (exact) mass is 113 g/mol. The molecule has 1 unspecified atom stereocenters. The van der Waals surface area contributed by atoms with E-state index in [9.17, 15) is 0 Å². The van der Waals surface area contributed by atoms with Crippen molar-refractivity contribution in [1.29, 1.82) is 0 Å². The summed E-state index contributed by atoms with van der Waals surface area (Å²) in [6, 6.07) is 0. The van der Waals surface area contributed by atoms with Crippen LogP contribution in [0.3, 0.4) is 0 Å². The zero-order chi connectivity index (χ0) is 6.57. The summed E-state index contributed by atoms with van der Waals surface area (Å²) in [5.41, 5.74) is 0.826. The standard InChI is InChI=1S/C5H12BNO/c1-4(3-6)5(8)7-2/h5,7-8H,1,3,6H2,2H3. The Morgan fingerprint density at radius 1 is 2.00 bits per heavy atom. The van der Waals surface area contributed by atoms with Gasteiger partial charge < -0.3 is 5.11 Å². The van der Waals surface area contributed by atoms with Gasteiger partial charge in [-0.3, -0.25) is 5.32 Å². The van der Waals surface area contributed by atoms with E-state index in [-0.39, 0.29) is 0 Å². The largest absolute Gasteiger partial charge is 0.375 e. The smallest absolute Gasteiger partial charge is 0.125 e. The first kappa shape index (κ1) is 7.72. The molecule has 0 aromatic heterocycles. The zero-order valence-corrected chi connectivity index (χ0v) is 5.44. The molecule has 0 spiro atoms. The highest BCUT2D eigenvalue weighted by molar-refractivity contribution is 6.10. The molecule has 1 atom stereocenters. The van der Waals surface area contributed by atoms with Crippen molar-refractivity contribution in [3.63, 3.8) is 0 Å². The summed E-state index contributed by atoms with van der Waals surface area (Å²) >= 11 is 0. The maximum atomic E-state index is 8.92. The molecule has 0 rings (SSSR count). The maximum absolute atomic E-state index is 8.92. The average molecular weight is 113 g/mol. The fourth-order valence-corrected chi connectivity index (χ4v) is 0.397. The zero-order valence-electron chi connectivity index (χ0n) is 5.44. The molecule has 0 aromatic carbocycles. The lowest BCUT2D eigenvalue weighted by molar-refractivity contribution is 0.183. The lowest BCUT2D eigenvalue weighted by atomic mass is 9.97. The molecule has 0 saturated heterocycles. The quantitative estimate of drug-likeness (QED) is 0.283. The van der Waals surface area contributed by atoms with Crippen LogP contribution >= 0.6 is 0 Å². The Morgan fingerprint density at radius 3 is 2.62 bits per heavy atom. The molecule has 0 fully saturated rings. The van der Waals surface area contributed by atoms with E-state index in [0.717, 1.165) is 11.9 Å². The van der Waals surface area contributed by atoms with E-state index < -0.39 is 6.23 Å². The Balaban J connectivity index is 3.46. The van der Waals surface area contributed by atoms with E-state index >= 15 is 0 Å². The van der Waals surface area contributed by atoms with Crippen LogP contribution in [0.4, 0.5) is 0 Å². The lowest BCUT2D eigenvalue weighted by Gasteiger charge is -2.08. The molecule has 2 nitrogen and oxygen atoms in total. The fourth-order valence-electron chi connectivity index (χ4n) is 0.397. The number of hydrogen-bond acceptors (Lipinski definition) is 2. The topological polar surface area (TPSA) is 32.3 Å². The van der Waals surface area contributed by atoms with Crippen LogP contribution in [0, 0.1) is 0 Å². The molecule has 0 radical (unpaired) electrons. The predicted molar refractivity (Wildman–Crippen MR) is 37.6 cm³/mol. The Bertz CT molecular complexity index is 84.5. The summed E-state index contributed by atoms with van der Waals surface area (Å²) in [4.78, 5) is 0. The molecular weight excluding hydrogens is 101 g/mol. The van der Waals surface area contributed by atoms with Gasteiger partial charge in [-0.05, 0) is 12.6 Å². The minimum Gasteiger partial charge on any atom is -0.375 e. The summed E-state index contributed by atoms with van der Waals surface area (Å²) in [6.45, 7) is 3.63. The van der Waals surface area contributed by atoms with Gasteiger partial charge in [0.2, 0.25) is 0 Å². The summed E-state index contributed by atoms with van der Waals surface area (Å²) in [5.74, 6) is 0. The molecular formula is C5H12BNO. The van der Waals surface area contributed by atoms with Gasteiger partial charge in [0.15, 0.2) is 0 Å². The highest BCUT2D eigenvalue weighted by Crippen LogP contribution is 1.97. The van der Waals surface area contributed by atoms with Crippen LogP contribution in [0.15, 0.2) is 12.2 Å². The molecule has 0 bridgehead atoms. The molecule has 3 heteroatoms. The molecule has 2 N–H and O–H groups in total. The minimum atomic E-state index is -0.528. The number of aliphatic hydroxyl groups excluding tert-OH is 1. The van der Waals surface area contributed by atoms with Crippen LogP contribution < -0.4 is 5.32 Å². The third kappa shape index (κ3) is 2.14. The highest BCUT2D eigenvalue weighted by Gasteiger charge is 1.99. The average Bonchev–Trinajstić information content (AvgIpc) is 1.84. The van der Waals surface area contributed by atoms with Gasteiger partial charge in [0.05, 0.1) is 0 Å². The van der Waals surface area contributed by atoms with Crippen LogP contribution in [0.5, 0.6) is 0 Å². The number of nitrogens with one attached hydrogen (secondary N) is 1. The molecule has 0 saturated carbocycles. The highest BCUT2D eigenvalue weighted by atomic mass is 16.3. The predicted octanol–water partition coefficient (Wildman–Crippen LogP) is -0.868. The Labute approximate surface area is 51.0 Å². The van der Waals surface area contributed by atoms with E-state index in [2.05, 4.69) is 11.9 Å². The molecule has 8 heavy (non-hydrogen) atoms. The minimum absolute atomic E-state index is 0.528. The third-order valence-corrected chi connectivity index (χ3v) is 1.11. The Morgan fingerprint density at radius 2 is 2.50 bits per heavy atom. The molecule has 0 aliphatic carbocycles. The van der Waals surface area contributed by atoms with E-state index in [1.807, 2.05) is 7.85 Å². The van der Waals surface area contributed by atoms with Crippen molar-refractivity contribution >= 4 is 7.85 Å². The van der Waals surface area contributed by atoms with Gasteiger partial charge in [0, 0.05) is 0 Å². The second-order valence-electron chi connectivity index (χ2n) is 1.70. The van der Waals surface area contributed by atoms with E-state index in [1.165, 1.54) is 0 Å². The van der Waals surface area contributed by atoms with E-state index in [4.69, 9.17) is 5.11 Å². The second kappa shape index (κ2) is 3.69. The number of likely N-dealkylation sites (N-methyl/N-ethyl adjacent to an activating group) is 1. The van der Waals surface area contributed by atoms with E-state index in [0.29, 0.717) is 0 Å². The maximum Gasteiger partial charge on any atom is 0.125 e. The SMILES string of the molecule is BCC(=C)C(O)NC. The van der Waals surface area contributed by atoms with Gasteiger partial charge >= 0.3 is 0 Å². The van der Waals surface area contributed by atoms with Crippen LogP contribution in [-0.4, -0.2) is 26.2 Å². The number of rotatable bonds is 3. The summed E-state index contributed by atoms with van der Waals surface area (Å²) in [7, 11) is 3.66. The van der Waals surface area contributed by atoms with Crippen molar-refractivity contribution in [2.75, 3.05) is 7.05 Å². The lowest BCUT2D eigenvalue weighted by Crippen LogP contribution is -2.25. The van der Waals surface area contributed by atoms with Gasteiger partial charge in [0.25, 0.3) is 0 Å². The summed E-state index contributed by atoms with van der Waals surface area (Å²) < 4.78 is 0. The molecule has 46 valence electrons. The first-order valence-electron chi connectivity index (χ1n) is 2.75. The van der Waals surface area contributed by atoms with Crippen LogP contribution in [0.2, 0.25) is 6.32 Å². The van der Waals surface area contributed by atoms with Crippen LogP contribution in [0.25, 0.3) is 0 Å². The van der Waals surface area contributed by atoms with Crippen molar-refractivity contribution in [3.05, 3.63) is 12.2 Å². The van der Waals surface area contributed by atoms with Crippen LogP contribution in [-0.2, 0) is 0 Å².